The highest BCUT2D eigenvalue weighted by Crippen LogP contribution is 2.53. The van der Waals surface area contributed by atoms with Gasteiger partial charge in [-0.05, 0) is 19.1 Å². The Morgan fingerprint density at radius 2 is 1.45 bits per heavy atom. The molecule has 7 heteroatoms. The van der Waals surface area contributed by atoms with Crippen LogP contribution in [0, 0.1) is 6.92 Å². The average Bonchev–Trinajstić information content (AvgIpc) is 2.95. The molecule has 0 aromatic carbocycles. The number of aryl methyl sites for hydroxylation is 1. The molecule has 0 saturated carbocycles. The number of hydrogen-bond donors (Lipinski definition) is 0. The summed E-state index contributed by atoms with van der Waals surface area (Å²) in [7, 11) is 0. The van der Waals surface area contributed by atoms with E-state index in [0.717, 1.165) is 63.9 Å². The van der Waals surface area contributed by atoms with Gasteiger partial charge in [0.2, 0.25) is 0 Å². The van der Waals surface area contributed by atoms with Gasteiger partial charge >= 0.3 is 0 Å². The first-order chi connectivity index (χ1) is 9.71. The van der Waals surface area contributed by atoms with Crippen LogP contribution in [0.25, 0.3) is 0 Å². The molecule has 0 bridgehead atoms. The van der Waals surface area contributed by atoms with Gasteiger partial charge in [0, 0.05) is 26.2 Å². The second-order valence-corrected chi connectivity index (χ2v) is 9.25. The fourth-order valence-corrected chi connectivity index (χ4v) is 6.82. The van der Waals surface area contributed by atoms with Crippen LogP contribution in [0.2, 0.25) is 0 Å². The summed E-state index contributed by atoms with van der Waals surface area (Å²) < 4.78 is 21.7. The zero-order valence-electron chi connectivity index (χ0n) is 11.8. The Hall–Kier alpha value is -0.230. The predicted octanol–water partition coefficient (Wildman–Crippen LogP) is 1.19. The van der Waals surface area contributed by atoms with Gasteiger partial charge < -0.3 is 13.9 Å². The smallest absolute Gasteiger partial charge is 0.164 e. The topological polar surface area (TPSA) is 38.1 Å². The summed E-state index contributed by atoms with van der Waals surface area (Å²) in [6.07, 6.45) is -2.03. The molecule has 3 rings (SSSR count). The number of furan rings is 1. The highest BCUT2D eigenvalue weighted by Gasteiger charge is 2.38. The Morgan fingerprint density at radius 3 is 1.85 bits per heavy atom. The maximum atomic E-state index is 6.18. The van der Waals surface area contributed by atoms with Crippen molar-refractivity contribution in [1.29, 1.82) is 0 Å². The van der Waals surface area contributed by atoms with Crippen LogP contribution in [-0.4, -0.2) is 61.9 Å². The minimum atomic E-state index is -2.03. The molecule has 5 nitrogen and oxygen atoms in total. The van der Waals surface area contributed by atoms with E-state index in [1.807, 2.05) is 13.0 Å². The molecule has 2 saturated heterocycles. The lowest BCUT2D eigenvalue weighted by Crippen LogP contribution is -2.45. The first kappa shape index (κ1) is 14.7. The van der Waals surface area contributed by atoms with Crippen molar-refractivity contribution in [2.45, 2.75) is 6.92 Å². The minimum Gasteiger partial charge on any atom is -0.458 e. The van der Waals surface area contributed by atoms with Crippen molar-refractivity contribution < 1.29 is 13.9 Å². The quantitative estimate of drug-likeness (QED) is 0.780. The predicted molar refractivity (Wildman–Crippen MR) is 82.1 cm³/mol. The van der Waals surface area contributed by atoms with E-state index in [1.54, 1.807) is 0 Å². The Kier molecular flexibility index (Phi) is 4.60. The summed E-state index contributed by atoms with van der Waals surface area (Å²) in [6, 6.07) is 4.07. The molecular weight excluding hydrogens is 295 g/mol. The molecule has 0 radical (unpaired) electrons. The molecule has 112 valence electrons. The molecule has 0 atom stereocenters. The summed E-state index contributed by atoms with van der Waals surface area (Å²) in [5, 5.41) is 0. The number of rotatable bonds is 3. The van der Waals surface area contributed by atoms with Gasteiger partial charge in [-0.3, -0.25) is 9.34 Å². The second-order valence-electron chi connectivity index (χ2n) is 5.06. The van der Waals surface area contributed by atoms with Crippen molar-refractivity contribution in [2.24, 2.45) is 0 Å². The third kappa shape index (κ3) is 2.73. The van der Waals surface area contributed by atoms with Gasteiger partial charge in [-0.2, -0.15) is 0 Å². The van der Waals surface area contributed by atoms with E-state index >= 15 is 0 Å². The molecule has 0 aliphatic carbocycles. The third-order valence-electron chi connectivity index (χ3n) is 3.75. The summed E-state index contributed by atoms with van der Waals surface area (Å²) in [5.74, 6) is 0.927. The van der Waals surface area contributed by atoms with Gasteiger partial charge in [-0.1, -0.05) is 11.8 Å². The Morgan fingerprint density at radius 1 is 0.950 bits per heavy atom. The SMILES string of the molecule is Cc1ccc(P(=S)(N2CCOCC2)N2CCOCC2)o1. The molecule has 3 heterocycles. The standard InChI is InChI=1S/C13H21N2O3PS/c1-12-2-3-13(18-12)19(20,14-4-8-16-9-5-14)15-6-10-17-11-7-15/h2-3H,4-11H2,1H3. The fraction of sp³-hybridized carbons (Fsp3) is 0.692. The normalized spacial score (nSPS) is 23.1. The summed E-state index contributed by atoms with van der Waals surface area (Å²) >= 11 is 6.18. The molecule has 2 fully saturated rings. The number of morpholine rings is 2. The molecule has 2 aliphatic rings. The van der Waals surface area contributed by atoms with Gasteiger partial charge in [0.1, 0.15) is 12.1 Å². The number of hydrogen-bond acceptors (Lipinski definition) is 4. The largest absolute Gasteiger partial charge is 0.458 e. The van der Waals surface area contributed by atoms with Crippen LogP contribution in [0.4, 0.5) is 0 Å². The van der Waals surface area contributed by atoms with Crippen LogP contribution < -0.4 is 5.50 Å². The van der Waals surface area contributed by atoms with E-state index in [1.165, 1.54) is 0 Å². The minimum absolute atomic E-state index is 0.752. The summed E-state index contributed by atoms with van der Waals surface area (Å²) in [6.45, 7) is 8.52. The van der Waals surface area contributed by atoms with Crippen molar-refractivity contribution in [1.82, 2.24) is 9.34 Å². The zero-order valence-corrected chi connectivity index (χ0v) is 13.5. The molecule has 2 aliphatic heterocycles. The van der Waals surface area contributed by atoms with E-state index in [2.05, 4.69) is 15.4 Å². The summed E-state index contributed by atoms with van der Waals surface area (Å²) in [4.78, 5) is 0. The van der Waals surface area contributed by atoms with Crippen molar-refractivity contribution in [3.63, 3.8) is 0 Å². The zero-order chi connectivity index (χ0) is 14.0. The highest BCUT2D eigenvalue weighted by molar-refractivity contribution is 8.15. The van der Waals surface area contributed by atoms with Crippen LogP contribution in [0.5, 0.6) is 0 Å². The second kappa shape index (κ2) is 6.26. The first-order valence-corrected chi connectivity index (χ1v) is 9.75. The lowest BCUT2D eigenvalue weighted by Gasteiger charge is -2.44. The molecule has 0 unspecified atom stereocenters. The maximum absolute atomic E-state index is 6.18. The molecule has 0 N–H and O–H groups in total. The van der Waals surface area contributed by atoms with Gasteiger partial charge in [0.25, 0.3) is 0 Å². The van der Waals surface area contributed by atoms with Crippen LogP contribution >= 0.6 is 6.34 Å². The monoisotopic (exact) mass is 316 g/mol. The lowest BCUT2D eigenvalue weighted by molar-refractivity contribution is 0.0586. The number of ether oxygens (including phenoxy) is 2. The van der Waals surface area contributed by atoms with Crippen LogP contribution in [-0.2, 0) is 21.3 Å². The first-order valence-electron chi connectivity index (χ1n) is 7.04. The van der Waals surface area contributed by atoms with Crippen LogP contribution in [0.3, 0.4) is 0 Å². The Labute approximate surface area is 124 Å². The van der Waals surface area contributed by atoms with E-state index in [-0.39, 0.29) is 0 Å². The molecular formula is C13H21N2O3PS. The van der Waals surface area contributed by atoms with Crippen LogP contribution in [0.1, 0.15) is 5.76 Å². The van der Waals surface area contributed by atoms with E-state index in [4.69, 9.17) is 25.7 Å². The van der Waals surface area contributed by atoms with E-state index < -0.39 is 6.34 Å². The van der Waals surface area contributed by atoms with Gasteiger partial charge in [0.05, 0.1) is 26.4 Å². The van der Waals surface area contributed by atoms with Gasteiger partial charge in [0.15, 0.2) is 5.50 Å². The molecule has 20 heavy (non-hydrogen) atoms. The maximum Gasteiger partial charge on any atom is 0.164 e. The average molecular weight is 316 g/mol. The third-order valence-corrected chi connectivity index (χ3v) is 8.83. The van der Waals surface area contributed by atoms with Crippen molar-refractivity contribution >= 4 is 23.6 Å². The molecule has 1 aromatic heterocycles. The van der Waals surface area contributed by atoms with E-state index in [0.29, 0.717) is 0 Å². The van der Waals surface area contributed by atoms with Crippen molar-refractivity contribution in [2.75, 3.05) is 52.6 Å². The number of nitrogens with zero attached hydrogens (tertiary/aromatic N) is 2. The molecule has 0 spiro atoms. The van der Waals surface area contributed by atoms with Crippen LogP contribution in [0.15, 0.2) is 16.5 Å². The van der Waals surface area contributed by atoms with Gasteiger partial charge in [-0.25, -0.2) is 0 Å². The van der Waals surface area contributed by atoms with E-state index in [9.17, 15) is 0 Å². The van der Waals surface area contributed by atoms with Gasteiger partial charge in [-0.15, -0.1) is 0 Å². The molecule has 1 aromatic rings. The Balaban J connectivity index is 1.94. The lowest BCUT2D eigenvalue weighted by atomic mass is 10.5. The Bertz CT molecular complexity index is 474. The molecule has 0 amide bonds. The summed E-state index contributed by atoms with van der Waals surface area (Å²) in [5.41, 5.74) is 0.953. The fourth-order valence-electron chi connectivity index (χ4n) is 2.69. The van der Waals surface area contributed by atoms with Crippen molar-refractivity contribution in [3.8, 4) is 0 Å². The van der Waals surface area contributed by atoms with Crippen molar-refractivity contribution in [3.05, 3.63) is 17.9 Å². The highest BCUT2D eigenvalue weighted by atomic mass is 32.4.